The Kier molecular flexibility index (Phi) is 4.64. The van der Waals surface area contributed by atoms with Gasteiger partial charge in [0.15, 0.2) is 0 Å². The second-order valence-corrected chi connectivity index (χ2v) is 6.55. The first-order chi connectivity index (χ1) is 9.05. The Labute approximate surface area is 117 Å². The summed E-state index contributed by atoms with van der Waals surface area (Å²) in [6, 6.07) is 11.0. The van der Waals surface area contributed by atoms with E-state index in [1.807, 2.05) is 6.07 Å². The van der Waals surface area contributed by atoms with Crippen LogP contribution in [-0.4, -0.2) is 35.7 Å². The van der Waals surface area contributed by atoms with Gasteiger partial charge >= 0.3 is 0 Å². The van der Waals surface area contributed by atoms with Gasteiger partial charge in [-0.2, -0.15) is 0 Å². The topological polar surface area (TPSA) is 23.5 Å². The fraction of sp³-hybridized carbons (Fsp3) is 0.647. The predicted molar refractivity (Wildman–Crippen MR) is 80.3 cm³/mol. The number of hydrogen-bond acceptors (Lipinski definition) is 2. The molecule has 1 fully saturated rings. The van der Waals surface area contributed by atoms with Crippen molar-refractivity contribution in [3.63, 3.8) is 0 Å². The first-order valence-corrected chi connectivity index (χ1v) is 7.45. The normalized spacial score (nSPS) is 18.8. The molecule has 2 rings (SSSR count). The van der Waals surface area contributed by atoms with Gasteiger partial charge < -0.3 is 5.11 Å². The van der Waals surface area contributed by atoms with Crippen LogP contribution in [0.3, 0.4) is 0 Å². The van der Waals surface area contributed by atoms with Crippen molar-refractivity contribution < 1.29 is 5.11 Å². The van der Waals surface area contributed by atoms with Crippen molar-refractivity contribution in [2.45, 2.75) is 45.1 Å². The summed E-state index contributed by atoms with van der Waals surface area (Å²) in [6.45, 7) is 8.99. The van der Waals surface area contributed by atoms with Gasteiger partial charge in [0, 0.05) is 24.5 Å². The van der Waals surface area contributed by atoms with Gasteiger partial charge in [0.05, 0.1) is 6.61 Å². The molecule has 1 atom stereocenters. The molecule has 106 valence electrons. The van der Waals surface area contributed by atoms with E-state index in [1.165, 1.54) is 24.9 Å². The van der Waals surface area contributed by atoms with Gasteiger partial charge in [-0.25, -0.2) is 0 Å². The van der Waals surface area contributed by atoms with Gasteiger partial charge in [-0.05, 0) is 38.2 Å². The lowest BCUT2D eigenvalue weighted by atomic mass is 9.82. The van der Waals surface area contributed by atoms with E-state index in [1.54, 1.807) is 0 Å². The molecule has 1 unspecified atom stereocenters. The molecule has 2 nitrogen and oxygen atoms in total. The summed E-state index contributed by atoms with van der Waals surface area (Å²) in [5.74, 6) is 0.890. The van der Waals surface area contributed by atoms with Crippen LogP contribution in [0.1, 0.15) is 39.2 Å². The average Bonchev–Trinajstić information content (AvgIpc) is 3.22. The van der Waals surface area contributed by atoms with Crippen molar-refractivity contribution in [2.75, 3.05) is 19.7 Å². The summed E-state index contributed by atoms with van der Waals surface area (Å²) in [5, 5.41) is 9.89. The van der Waals surface area contributed by atoms with Crippen molar-refractivity contribution in [1.29, 1.82) is 0 Å². The largest absolute Gasteiger partial charge is 0.395 e. The van der Waals surface area contributed by atoms with Crippen molar-refractivity contribution in [1.82, 2.24) is 4.90 Å². The fourth-order valence-corrected chi connectivity index (χ4v) is 2.61. The fourth-order valence-electron chi connectivity index (χ4n) is 2.61. The van der Waals surface area contributed by atoms with E-state index < -0.39 is 0 Å². The van der Waals surface area contributed by atoms with Gasteiger partial charge in [-0.15, -0.1) is 0 Å². The molecule has 0 bridgehead atoms. The number of aliphatic hydroxyl groups excluding tert-OH is 1. The third kappa shape index (κ3) is 3.80. The highest BCUT2D eigenvalue weighted by atomic mass is 16.3. The number of hydrogen-bond donors (Lipinski definition) is 1. The summed E-state index contributed by atoms with van der Waals surface area (Å²) < 4.78 is 0. The highest BCUT2D eigenvalue weighted by molar-refractivity contribution is 5.25. The van der Waals surface area contributed by atoms with E-state index in [0.717, 1.165) is 12.5 Å². The maximum Gasteiger partial charge on any atom is 0.0537 e. The second kappa shape index (κ2) is 6.06. The van der Waals surface area contributed by atoms with E-state index in [9.17, 15) is 5.11 Å². The van der Waals surface area contributed by atoms with Crippen molar-refractivity contribution >= 4 is 0 Å². The van der Waals surface area contributed by atoms with Gasteiger partial charge in [0.1, 0.15) is 0 Å². The zero-order chi connectivity index (χ0) is 13.9. The highest BCUT2D eigenvalue weighted by Gasteiger charge is 2.32. The van der Waals surface area contributed by atoms with Gasteiger partial charge in [0.25, 0.3) is 0 Å². The van der Waals surface area contributed by atoms with Crippen molar-refractivity contribution in [3.8, 4) is 0 Å². The maximum absolute atomic E-state index is 9.89. The summed E-state index contributed by atoms with van der Waals surface area (Å²) in [4.78, 5) is 2.53. The van der Waals surface area contributed by atoms with Crippen LogP contribution in [-0.2, 0) is 5.41 Å². The highest BCUT2D eigenvalue weighted by Crippen LogP contribution is 2.32. The third-order valence-electron chi connectivity index (χ3n) is 4.29. The molecule has 1 aromatic carbocycles. The second-order valence-electron chi connectivity index (χ2n) is 6.55. The predicted octanol–water partition coefficient (Wildman–Crippen LogP) is 3.06. The van der Waals surface area contributed by atoms with Crippen LogP contribution in [0.15, 0.2) is 30.3 Å². The van der Waals surface area contributed by atoms with E-state index in [0.29, 0.717) is 6.04 Å². The molecule has 0 spiro atoms. The van der Waals surface area contributed by atoms with Crippen LogP contribution in [0.5, 0.6) is 0 Å². The molecule has 1 aliphatic rings. The number of rotatable bonds is 7. The SMILES string of the molecule is CC(C)N(CC1CC1)CC(C)(CO)c1ccccc1. The molecule has 0 aromatic heterocycles. The van der Waals surface area contributed by atoms with E-state index in [4.69, 9.17) is 0 Å². The Balaban J connectivity index is 2.11. The van der Waals surface area contributed by atoms with Crippen LogP contribution in [0.25, 0.3) is 0 Å². The Morgan fingerprint density at radius 1 is 1.26 bits per heavy atom. The van der Waals surface area contributed by atoms with Gasteiger partial charge in [-0.1, -0.05) is 37.3 Å². The van der Waals surface area contributed by atoms with E-state index in [-0.39, 0.29) is 12.0 Å². The Bertz CT molecular complexity index is 386. The minimum atomic E-state index is -0.166. The molecule has 0 radical (unpaired) electrons. The molecule has 0 aliphatic heterocycles. The monoisotopic (exact) mass is 261 g/mol. The molecule has 1 aliphatic carbocycles. The minimum absolute atomic E-state index is 0.166. The van der Waals surface area contributed by atoms with Gasteiger partial charge in [0.2, 0.25) is 0 Å². The lowest BCUT2D eigenvalue weighted by molar-refractivity contribution is 0.120. The number of aliphatic hydroxyl groups is 1. The summed E-state index contributed by atoms with van der Waals surface area (Å²) in [5.41, 5.74) is 1.07. The van der Waals surface area contributed by atoms with Crippen LogP contribution in [0, 0.1) is 5.92 Å². The van der Waals surface area contributed by atoms with E-state index in [2.05, 4.69) is 49.9 Å². The Hall–Kier alpha value is -0.860. The quantitative estimate of drug-likeness (QED) is 0.815. The zero-order valence-electron chi connectivity index (χ0n) is 12.5. The lowest BCUT2D eigenvalue weighted by Gasteiger charge is -2.37. The number of nitrogens with zero attached hydrogens (tertiary/aromatic N) is 1. The first kappa shape index (κ1) is 14.5. The molecule has 1 N–H and O–H groups in total. The molecule has 0 saturated heterocycles. The maximum atomic E-state index is 9.89. The van der Waals surface area contributed by atoms with Crippen LogP contribution >= 0.6 is 0 Å². The smallest absolute Gasteiger partial charge is 0.0537 e. The van der Waals surface area contributed by atoms with Crippen LogP contribution < -0.4 is 0 Å². The standard InChI is InChI=1S/C17H27NO/c1-14(2)18(11-15-9-10-15)12-17(3,13-19)16-7-5-4-6-8-16/h4-8,14-15,19H,9-13H2,1-3H3. The molecule has 2 heteroatoms. The summed E-state index contributed by atoms with van der Waals surface area (Å²) >= 11 is 0. The summed E-state index contributed by atoms with van der Waals surface area (Å²) in [6.07, 6.45) is 2.76. The number of benzene rings is 1. The van der Waals surface area contributed by atoms with E-state index >= 15 is 0 Å². The molecular formula is C17H27NO. The third-order valence-corrected chi connectivity index (χ3v) is 4.29. The molecule has 1 saturated carbocycles. The lowest BCUT2D eigenvalue weighted by Crippen LogP contribution is -2.45. The molecule has 0 heterocycles. The molecular weight excluding hydrogens is 234 g/mol. The van der Waals surface area contributed by atoms with Crippen molar-refractivity contribution in [3.05, 3.63) is 35.9 Å². The first-order valence-electron chi connectivity index (χ1n) is 7.45. The summed E-state index contributed by atoms with van der Waals surface area (Å²) in [7, 11) is 0. The van der Waals surface area contributed by atoms with Crippen molar-refractivity contribution in [2.24, 2.45) is 5.92 Å². The molecule has 0 amide bonds. The zero-order valence-corrected chi connectivity index (χ0v) is 12.5. The van der Waals surface area contributed by atoms with Crippen LogP contribution in [0.2, 0.25) is 0 Å². The Morgan fingerprint density at radius 2 is 1.89 bits per heavy atom. The molecule has 1 aromatic rings. The minimum Gasteiger partial charge on any atom is -0.395 e. The van der Waals surface area contributed by atoms with Crippen LogP contribution in [0.4, 0.5) is 0 Å². The average molecular weight is 261 g/mol. The molecule has 19 heavy (non-hydrogen) atoms. The van der Waals surface area contributed by atoms with Gasteiger partial charge in [-0.3, -0.25) is 4.90 Å². The Morgan fingerprint density at radius 3 is 2.37 bits per heavy atom.